The SMILES string of the molecule is CCCC(=O)NOC1Cc2cccc3cccc1c23. The first-order valence-corrected chi connectivity index (χ1v) is 6.74. The maximum Gasteiger partial charge on any atom is 0.243 e. The van der Waals surface area contributed by atoms with Gasteiger partial charge in [0.1, 0.15) is 6.10 Å². The quantitative estimate of drug-likeness (QED) is 0.851. The van der Waals surface area contributed by atoms with Gasteiger partial charge in [0.05, 0.1) is 0 Å². The second-order valence-corrected chi connectivity index (χ2v) is 4.95. The third kappa shape index (κ3) is 2.22. The summed E-state index contributed by atoms with van der Waals surface area (Å²) < 4.78 is 0. The average Bonchev–Trinajstić information content (AvgIpc) is 2.78. The number of carbonyl (C=O) groups excluding carboxylic acids is 1. The molecule has 1 amide bonds. The minimum atomic E-state index is -0.0677. The van der Waals surface area contributed by atoms with E-state index < -0.39 is 0 Å². The topological polar surface area (TPSA) is 38.3 Å². The molecule has 0 fully saturated rings. The van der Waals surface area contributed by atoms with E-state index in [1.807, 2.05) is 13.0 Å². The van der Waals surface area contributed by atoms with Gasteiger partial charge in [-0.25, -0.2) is 5.48 Å². The van der Waals surface area contributed by atoms with Crippen molar-refractivity contribution in [1.29, 1.82) is 0 Å². The van der Waals surface area contributed by atoms with Crippen molar-refractivity contribution in [3.8, 4) is 0 Å². The fourth-order valence-corrected chi connectivity index (χ4v) is 2.72. The zero-order chi connectivity index (χ0) is 13.2. The third-order valence-electron chi connectivity index (χ3n) is 3.57. The maximum absolute atomic E-state index is 11.5. The van der Waals surface area contributed by atoms with E-state index >= 15 is 0 Å². The molecule has 2 aromatic carbocycles. The molecule has 2 aromatic rings. The van der Waals surface area contributed by atoms with Crippen LogP contribution in [0.25, 0.3) is 10.8 Å². The van der Waals surface area contributed by atoms with Gasteiger partial charge in [-0.3, -0.25) is 9.63 Å². The van der Waals surface area contributed by atoms with Crippen LogP contribution in [0.1, 0.15) is 37.0 Å². The van der Waals surface area contributed by atoms with Crippen LogP contribution in [0.15, 0.2) is 36.4 Å². The monoisotopic (exact) mass is 255 g/mol. The highest BCUT2D eigenvalue weighted by atomic mass is 16.7. The van der Waals surface area contributed by atoms with Gasteiger partial charge in [-0.2, -0.15) is 0 Å². The van der Waals surface area contributed by atoms with Crippen molar-refractivity contribution in [3.63, 3.8) is 0 Å². The van der Waals surface area contributed by atoms with E-state index in [0.29, 0.717) is 6.42 Å². The Labute approximate surface area is 112 Å². The van der Waals surface area contributed by atoms with Gasteiger partial charge in [0.15, 0.2) is 0 Å². The number of carbonyl (C=O) groups is 1. The number of rotatable bonds is 4. The number of benzene rings is 2. The molecule has 0 saturated carbocycles. The largest absolute Gasteiger partial charge is 0.273 e. The highest BCUT2D eigenvalue weighted by molar-refractivity contribution is 5.91. The maximum atomic E-state index is 11.5. The second-order valence-electron chi connectivity index (χ2n) is 4.95. The van der Waals surface area contributed by atoms with Crippen molar-refractivity contribution >= 4 is 16.7 Å². The lowest BCUT2D eigenvalue weighted by Gasteiger charge is -2.13. The van der Waals surface area contributed by atoms with Crippen LogP contribution in [0.4, 0.5) is 0 Å². The van der Waals surface area contributed by atoms with Crippen molar-refractivity contribution in [1.82, 2.24) is 5.48 Å². The average molecular weight is 255 g/mol. The molecule has 3 nitrogen and oxygen atoms in total. The van der Waals surface area contributed by atoms with Crippen LogP contribution >= 0.6 is 0 Å². The molecule has 0 bridgehead atoms. The zero-order valence-corrected chi connectivity index (χ0v) is 11.0. The fourth-order valence-electron chi connectivity index (χ4n) is 2.72. The van der Waals surface area contributed by atoms with Crippen LogP contribution in [0.2, 0.25) is 0 Å². The Morgan fingerprint density at radius 3 is 2.89 bits per heavy atom. The standard InChI is InChI=1S/C16H17NO2/c1-2-5-15(18)17-19-14-10-12-8-3-6-11-7-4-9-13(14)16(11)12/h3-4,6-9,14H,2,5,10H2,1H3,(H,17,18). The zero-order valence-electron chi connectivity index (χ0n) is 11.0. The van der Waals surface area contributed by atoms with Crippen molar-refractivity contribution in [2.75, 3.05) is 0 Å². The summed E-state index contributed by atoms with van der Waals surface area (Å²) in [6.45, 7) is 1.98. The Morgan fingerprint density at radius 1 is 1.32 bits per heavy atom. The van der Waals surface area contributed by atoms with Gasteiger partial charge >= 0.3 is 0 Å². The Hall–Kier alpha value is -1.87. The van der Waals surface area contributed by atoms with E-state index in [1.54, 1.807) is 0 Å². The number of hydroxylamine groups is 1. The van der Waals surface area contributed by atoms with Gasteiger partial charge in [0, 0.05) is 12.8 Å². The van der Waals surface area contributed by atoms with Crippen molar-refractivity contribution in [2.45, 2.75) is 32.3 Å². The summed E-state index contributed by atoms with van der Waals surface area (Å²) in [6.07, 6.45) is 2.09. The summed E-state index contributed by atoms with van der Waals surface area (Å²) in [4.78, 5) is 17.1. The van der Waals surface area contributed by atoms with Crippen LogP contribution in [-0.2, 0) is 16.1 Å². The van der Waals surface area contributed by atoms with E-state index in [2.05, 4.69) is 35.8 Å². The predicted molar refractivity (Wildman–Crippen MR) is 74.5 cm³/mol. The lowest BCUT2D eigenvalue weighted by Crippen LogP contribution is -2.25. The molecule has 0 aromatic heterocycles. The van der Waals surface area contributed by atoms with E-state index in [0.717, 1.165) is 12.8 Å². The van der Waals surface area contributed by atoms with E-state index in [4.69, 9.17) is 4.84 Å². The van der Waals surface area contributed by atoms with Gasteiger partial charge in [0.2, 0.25) is 5.91 Å². The molecule has 1 aliphatic carbocycles. The molecule has 0 radical (unpaired) electrons. The minimum absolute atomic E-state index is 0.0503. The smallest absolute Gasteiger partial charge is 0.243 e. The first-order chi connectivity index (χ1) is 9.29. The first-order valence-electron chi connectivity index (χ1n) is 6.74. The molecule has 3 heteroatoms. The summed E-state index contributed by atoms with van der Waals surface area (Å²) in [5.41, 5.74) is 5.03. The Bertz CT molecular complexity index is 616. The molecule has 98 valence electrons. The molecule has 1 atom stereocenters. The number of hydrogen-bond donors (Lipinski definition) is 1. The minimum Gasteiger partial charge on any atom is -0.273 e. The van der Waals surface area contributed by atoms with Crippen molar-refractivity contribution in [3.05, 3.63) is 47.5 Å². The molecule has 19 heavy (non-hydrogen) atoms. The second kappa shape index (κ2) is 5.02. The van der Waals surface area contributed by atoms with Crippen LogP contribution in [0.3, 0.4) is 0 Å². The third-order valence-corrected chi connectivity index (χ3v) is 3.57. The number of nitrogens with one attached hydrogen (secondary N) is 1. The molecule has 0 aliphatic heterocycles. The summed E-state index contributed by atoms with van der Waals surface area (Å²) in [5, 5.41) is 2.51. The molecular weight excluding hydrogens is 238 g/mol. The normalized spacial score (nSPS) is 16.8. The lowest BCUT2D eigenvalue weighted by molar-refractivity contribution is -0.138. The summed E-state index contributed by atoms with van der Waals surface area (Å²) >= 11 is 0. The van der Waals surface area contributed by atoms with Gasteiger partial charge in [0.25, 0.3) is 0 Å². The van der Waals surface area contributed by atoms with Crippen LogP contribution in [0.5, 0.6) is 0 Å². The number of hydrogen-bond acceptors (Lipinski definition) is 2. The van der Waals surface area contributed by atoms with Gasteiger partial charge < -0.3 is 0 Å². The summed E-state index contributed by atoms with van der Waals surface area (Å²) in [7, 11) is 0. The predicted octanol–water partition coefficient (Wildman–Crippen LogP) is 3.28. The molecule has 0 saturated heterocycles. The van der Waals surface area contributed by atoms with E-state index in [9.17, 15) is 4.79 Å². The van der Waals surface area contributed by atoms with Crippen LogP contribution in [0, 0.1) is 0 Å². The Balaban J connectivity index is 1.82. The molecule has 1 aliphatic rings. The van der Waals surface area contributed by atoms with Gasteiger partial charge in [-0.15, -0.1) is 0 Å². The lowest BCUT2D eigenvalue weighted by atomic mass is 10.1. The molecule has 3 rings (SSSR count). The molecule has 0 heterocycles. The van der Waals surface area contributed by atoms with Crippen molar-refractivity contribution < 1.29 is 9.63 Å². The molecular formula is C16H17NO2. The van der Waals surface area contributed by atoms with E-state index in [-0.39, 0.29) is 12.0 Å². The van der Waals surface area contributed by atoms with Crippen molar-refractivity contribution in [2.24, 2.45) is 0 Å². The fraction of sp³-hybridized carbons (Fsp3) is 0.312. The molecule has 0 spiro atoms. The van der Waals surface area contributed by atoms with Crippen LogP contribution in [-0.4, -0.2) is 5.91 Å². The van der Waals surface area contributed by atoms with Crippen LogP contribution < -0.4 is 5.48 Å². The summed E-state index contributed by atoms with van der Waals surface area (Å²) in [5.74, 6) is -0.0503. The Kier molecular flexibility index (Phi) is 3.22. The van der Waals surface area contributed by atoms with Gasteiger partial charge in [-0.05, 0) is 28.3 Å². The highest BCUT2D eigenvalue weighted by Crippen LogP contribution is 2.38. The van der Waals surface area contributed by atoms with E-state index in [1.165, 1.54) is 21.9 Å². The molecule has 1 unspecified atom stereocenters. The number of amides is 1. The van der Waals surface area contributed by atoms with Gasteiger partial charge in [-0.1, -0.05) is 43.3 Å². The first kappa shape index (κ1) is 12.2. The highest BCUT2D eigenvalue weighted by Gasteiger charge is 2.25. The Morgan fingerprint density at radius 2 is 2.11 bits per heavy atom. The summed E-state index contributed by atoms with van der Waals surface area (Å²) in [6, 6.07) is 12.5. The molecule has 1 N–H and O–H groups in total.